The lowest BCUT2D eigenvalue weighted by atomic mass is 9.77. The van der Waals surface area contributed by atoms with Gasteiger partial charge in [-0.25, -0.2) is 13.6 Å². The number of alkyl halides is 8. The molecule has 3 aromatic carbocycles. The van der Waals surface area contributed by atoms with Crippen molar-refractivity contribution in [1.29, 1.82) is 0 Å². The summed E-state index contributed by atoms with van der Waals surface area (Å²) in [6.07, 6.45) is -11.3. The molecule has 1 saturated carbocycles. The van der Waals surface area contributed by atoms with Crippen LogP contribution in [0.5, 0.6) is 11.5 Å². The molecule has 2 amide bonds. The molecule has 1 fully saturated rings. The Hall–Kier alpha value is -4.03. The molecule has 0 aliphatic heterocycles. The topological polar surface area (TPSA) is 59.6 Å². The number of benzene rings is 3. The van der Waals surface area contributed by atoms with E-state index >= 15 is 0 Å². The van der Waals surface area contributed by atoms with Crippen LogP contribution < -0.4 is 20.1 Å². The van der Waals surface area contributed by atoms with E-state index in [9.17, 15) is 39.9 Å². The van der Waals surface area contributed by atoms with Crippen LogP contribution in [0.2, 0.25) is 0 Å². The van der Waals surface area contributed by atoms with Crippen LogP contribution in [0.1, 0.15) is 36.0 Å². The van der Waals surface area contributed by atoms with Crippen LogP contribution in [0.25, 0.3) is 0 Å². The molecule has 0 heterocycles. The molecule has 0 aromatic heterocycles. The van der Waals surface area contributed by atoms with Crippen LogP contribution in [0.4, 0.5) is 39.9 Å². The number of hydrogen-bond acceptors (Lipinski definition) is 3. The summed E-state index contributed by atoms with van der Waals surface area (Å²) in [4.78, 5) is 13.3. The van der Waals surface area contributed by atoms with E-state index in [0.717, 1.165) is 24.3 Å². The zero-order valence-corrected chi connectivity index (χ0v) is 21.2. The van der Waals surface area contributed by atoms with Crippen molar-refractivity contribution in [3.63, 3.8) is 0 Å². The fraction of sp³-hybridized carbons (Fsp3) is 0.321. The van der Waals surface area contributed by atoms with E-state index in [-0.39, 0.29) is 24.0 Å². The summed E-state index contributed by atoms with van der Waals surface area (Å²) in [5.41, 5.74) is -1.24. The molecular formula is C28H24F8N2O3. The van der Waals surface area contributed by atoms with Crippen molar-refractivity contribution >= 4 is 6.03 Å². The number of urea groups is 1. The van der Waals surface area contributed by atoms with Crippen LogP contribution in [-0.4, -0.2) is 30.7 Å². The van der Waals surface area contributed by atoms with Gasteiger partial charge >= 0.3 is 18.8 Å². The number of ether oxygens (including phenoxy) is 2. The Labute approximate surface area is 229 Å². The predicted molar refractivity (Wildman–Crippen MR) is 131 cm³/mol. The number of amides is 2. The Morgan fingerprint density at radius 3 is 1.80 bits per heavy atom. The number of hydrogen-bond donors (Lipinski definition) is 2. The molecule has 1 atom stereocenters. The van der Waals surface area contributed by atoms with Gasteiger partial charge in [-0.15, -0.1) is 26.3 Å². The smallest absolute Gasteiger partial charge is 0.406 e. The van der Waals surface area contributed by atoms with Gasteiger partial charge in [0.05, 0.1) is 5.54 Å². The standard InChI is InChI=1S/C28H24F8N2O3/c29-25(30)13-12-21(17-25)37-24(39)38-26(16-18-6-2-1-3-7-18,19-8-4-10-22(14-19)40-27(31,32)33)20-9-5-11-23(15-20)41-28(34,35)36/h1-11,14-15,21H,12-13,16-17H2,(H2,37,38,39)/t21-/m1/s1. The third-order valence-electron chi connectivity index (χ3n) is 6.50. The van der Waals surface area contributed by atoms with E-state index in [0.29, 0.717) is 5.56 Å². The molecule has 0 spiro atoms. The lowest BCUT2D eigenvalue weighted by molar-refractivity contribution is -0.275. The minimum Gasteiger partial charge on any atom is -0.406 e. The van der Waals surface area contributed by atoms with Gasteiger partial charge < -0.3 is 20.1 Å². The van der Waals surface area contributed by atoms with Crippen molar-refractivity contribution < 1.29 is 49.4 Å². The third kappa shape index (κ3) is 8.24. The molecule has 3 aromatic rings. The molecule has 0 unspecified atom stereocenters. The minimum absolute atomic E-state index is 0.0131. The van der Waals surface area contributed by atoms with Crippen LogP contribution in [-0.2, 0) is 12.0 Å². The first kappa shape index (κ1) is 29.9. The normalized spacial score (nSPS) is 17.1. The Kier molecular flexibility index (Phi) is 8.36. The van der Waals surface area contributed by atoms with Crippen LogP contribution in [0.15, 0.2) is 78.9 Å². The largest absolute Gasteiger partial charge is 0.573 e. The Morgan fingerprint density at radius 2 is 1.34 bits per heavy atom. The summed E-state index contributed by atoms with van der Waals surface area (Å²) in [7, 11) is 0. The van der Waals surface area contributed by atoms with Gasteiger partial charge in [0.1, 0.15) is 11.5 Å². The van der Waals surface area contributed by atoms with Gasteiger partial charge in [0.2, 0.25) is 5.92 Å². The van der Waals surface area contributed by atoms with Crippen LogP contribution in [0, 0.1) is 0 Å². The zero-order valence-electron chi connectivity index (χ0n) is 21.2. The molecule has 1 aliphatic carbocycles. The first-order valence-corrected chi connectivity index (χ1v) is 12.4. The maximum Gasteiger partial charge on any atom is 0.573 e. The molecule has 5 nitrogen and oxygen atoms in total. The first-order chi connectivity index (χ1) is 19.1. The molecule has 0 radical (unpaired) electrons. The number of carbonyl (C=O) groups is 1. The van der Waals surface area contributed by atoms with E-state index in [2.05, 4.69) is 20.1 Å². The van der Waals surface area contributed by atoms with Gasteiger partial charge in [0, 0.05) is 25.3 Å². The van der Waals surface area contributed by atoms with Crippen molar-refractivity contribution in [3.8, 4) is 11.5 Å². The van der Waals surface area contributed by atoms with E-state index < -0.39 is 60.6 Å². The molecular weight excluding hydrogens is 564 g/mol. The number of halogens is 8. The SMILES string of the molecule is O=C(N[C@@H]1CCC(F)(F)C1)NC(Cc1ccccc1)(c1cccc(OC(F)(F)F)c1)c1cccc(OC(F)(F)F)c1. The van der Waals surface area contributed by atoms with E-state index in [1.165, 1.54) is 24.3 Å². The Balaban J connectivity index is 1.85. The highest BCUT2D eigenvalue weighted by atomic mass is 19.4. The van der Waals surface area contributed by atoms with Gasteiger partial charge in [-0.05, 0) is 47.4 Å². The maximum absolute atomic E-state index is 13.8. The van der Waals surface area contributed by atoms with Gasteiger partial charge in [-0.1, -0.05) is 54.6 Å². The summed E-state index contributed by atoms with van der Waals surface area (Å²) in [6.45, 7) is 0. The molecule has 0 saturated heterocycles. The van der Waals surface area contributed by atoms with Gasteiger partial charge in [-0.3, -0.25) is 0 Å². The molecule has 220 valence electrons. The van der Waals surface area contributed by atoms with E-state index in [1.807, 2.05) is 0 Å². The summed E-state index contributed by atoms with van der Waals surface area (Å²) < 4.78 is 114. The molecule has 2 N–H and O–H groups in total. The van der Waals surface area contributed by atoms with Crippen molar-refractivity contribution in [2.75, 3.05) is 0 Å². The van der Waals surface area contributed by atoms with Crippen LogP contribution >= 0.6 is 0 Å². The average molecular weight is 588 g/mol. The summed E-state index contributed by atoms with van der Waals surface area (Å²) in [5.74, 6) is -4.27. The lowest BCUT2D eigenvalue weighted by Crippen LogP contribution is -2.53. The quantitative estimate of drug-likeness (QED) is 0.269. The Morgan fingerprint density at radius 1 is 0.805 bits per heavy atom. The van der Waals surface area contributed by atoms with Gasteiger partial charge in [0.15, 0.2) is 0 Å². The number of carbonyl (C=O) groups excluding carboxylic acids is 1. The summed E-state index contributed by atoms with van der Waals surface area (Å²) in [6, 6.07) is 15.7. The average Bonchev–Trinajstić information content (AvgIpc) is 3.20. The summed E-state index contributed by atoms with van der Waals surface area (Å²) >= 11 is 0. The highest BCUT2D eigenvalue weighted by Gasteiger charge is 2.42. The molecule has 41 heavy (non-hydrogen) atoms. The van der Waals surface area contributed by atoms with Crippen molar-refractivity contribution in [2.24, 2.45) is 0 Å². The number of nitrogens with one attached hydrogen (secondary N) is 2. The fourth-order valence-electron chi connectivity index (χ4n) is 4.87. The van der Waals surface area contributed by atoms with Gasteiger partial charge in [-0.2, -0.15) is 0 Å². The molecule has 1 aliphatic rings. The monoisotopic (exact) mass is 588 g/mol. The highest BCUT2D eigenvalue weighted by molar-refractivity contribution is 5.76. The van der Waals surface area contributed by atoms with Crippen molar-refractivity contribution in [2.45, 2.75) is 55.9 Å². The maximum atomic E-state index is 13.8. The second-order valence-electron chi connectivity index (χ2n) is 9.61. The first-order valence-electron chi connectivity index (χ1n) is 12.4. The second kappa shape index (κ2) is 11.5. The molecule has 13 heteroatoms. The summed E-state index contributed by atoms with van der Waals surface area (Å²) in [5, 5.41) is 5.15. The van der Waals surface area contributed by atoms with Crippen molar-refractivity contribution in [1.82, 2.24) is 10.6 Å². The minimum atomic E-state index is -5.06. The van der Waals surface area contributed by atoms with Gasteiger partial charge in [0.25, 0.3) is 0 Å². The zero-order chi connectivity index (χ0) is 29.9. The van der Waals surface area contributed by atoms with E-state index in [1.54, 1.807) is 30.3 Å². The molecule has 4 rings (SSSR count). The highest BCUT2D eigenvalue weighted by Crippen LogP contribution is 2.39. The fourth-order valence-corrected chi connectivity index (χ4v) is 4.87. The molecule has 0 bridgehead atoms. The predicted octanol–water partition coefficient (Wildman–Crippen LogP) is 7.46. The lowest BCUT2D eigenvalue weighted by Gasteiger charge is -2.37. The van der Waals surface area contributed by atoms with Crippen molar-refractivity contribution in [3.05, 3.63) is 95.6 Å². The van der Waals surface area contributed by atoms with E-state index in [4.69, 9.17) is 0 Å². The Bertz CT molecular complexity index is 1290. The second-order valence-corrected chi connectivity index (χ2v) is 9.61. The number of rotatable bonds is 8. The third-order valence-corrected chi connectivity index (χ3v) is 6.50. The van der Waals surface area contributed by atoms with Crippen LogP contribution in [0.3, 0.4) is 0 Å².